The van der Waals surface area contributed by atoms with Crippen molar-refractivity contribution >= 4 is 11.3 Å². The fraction of sp³-hybridized carbons (Fsp3) is 0.500. The third-order valence-electron chi connectivity index (χ3n) is 6.36. The Hall–Kier alpha value is -2.09. The number of benzene rings is 1. The molecule has 3 aromatic rings. The highest BCUT2D eigenvalue weighted by molar-refractivity contribution is 7.09. The summed E-state index contributed by atoms with van der Waals surface area (Å²) in [4.78, 5) is 6.55. The molecule has 29 heavy (non-hydrogen) atoms. The molecule has 152 valence electrons. The first-order chi connectivity index (χ1) is 14.4. The number of hydrogen-bond acceptors (Lipinski definition) is 6. The summed E-state index contributed by atoms with van der Waals surface area (Å²) >= 11 is 1.75. The smallest absolute Gasteiger partial charge is 0.173 e. The average Bonchev–Trinajstić information content (AvgIpc) is 3.54. The molecule has 3 heterocycles. The quantitative estimate of drug-likeness (QED) is 0.625. The summed E-state index contributed by atoms with van der Waals surface area (Å²) in [6.45, 7) is 5.12. The molecule has 1 aliphatic carbocycles. The van der Waals surface area contributed by atoms with Gasteiger partial charge in [-0.2, -0.15) is 0 Å². The van der Waals surface area contributed by atoms with Crippen LogP contribution in [-0.4, -0.2) is 62.2 Å². The topological polar surface area (TPSA) is 50.1 Å². The summed E-state index contributed by atoms with van der Waals surface area (Å²) in [5, 5.41) is 15.0. The maximum Gasteiger partial charge on any atom is 0.173 e. The van der Waals surface area contributed by atoms with E-state index in [1.165, 1.54) is 36.1 Å². The number of thiophene rings is 1. The zero-order chi connectivity index (χ0) is 19.5. The maximum absolute atomic E-state index is 4.50. The third kappa shape index (κ3) is 4.13. The lowest BCUT2D eigenvalue weighted by atomic mass is 10.0. The van der Waals surface area contributed by atoms with Crippen LogP contribution < -0.4 is 0 Å². The van der Waals surface area contributed by atoms with Crippen LogP contribution in [0.5, 0.6) is 0 Å². The van der Waals surface area contributed by atoms with Gasteiger partial charge >= 0.3 is 0 Å². The van der Waals surface area contributed by atoms with E-state index in [1.54, 1.807) is 11.3 Å². The fourth-order valence-electron chi connectivity index (χ4n) is 4.86. The van der Waals surface area contributed by atoms with Crippen LogP contribution in [0.3, 0.4) is 0 Å². The van der Waals surface area contributed by atoms with Gasteiger partial charge in [0.2, 0.25) is 0 Å². The zero-order valence-electron chi connectivity index (χ0n) is 16.7. The summed E-state index contributed by atoms with van der Waals surface area (Å²) in [7, 11) is 0. The van der Waals surface area contributed by atoms with Gasteiger partial charge in [0.15, 0.2) is 5.82 Å². The van der Waals surface area contributed by atoms with Crippen LogP contribution >= 0.6 is 11.3 Å². The minimum absolute atomic E-state index is 0.0943. The van der Waals surface area contributed by atoms with Crippen LogP contribution in [0, 0.1) is 0 Å². The van der Waals surface area contributed by atoms with E-state index in [4.69, 9.17) is 0 Å². The first-order valence-electron chi connectivity index (χ1n) is 10.7. The molecular weight excluding hydrogens is 380 g/mol. The second-order valence-corrected chi connectivity index (χ2v) is 9.13. The Morgan fingerprint density at radius 2 is 1.76 bits per heavy atom. The number of aromatic nitrogens is 4. The molecule has 1 atom stereocenters. The predicted molar refractivity (Wildman–Crippen MR) is 115 cm³/mol. The highest BCUT2D eigenvalue weighted by Crippen LogP contribution is 2.30. The molecule has 1 saturated heterocycles. The Balaban J connectivity index is 1.39. The van der Waals surface area contributed by atoms with Crippen molar-refractivity contribution in [1.82, 2.24) is 30.0 Å². The monoisotopic (exact) mass is 408 g/mol. The Morgan fingerprint density at radius 1 is 0.966 bits per heavy atom. The molecule has 0 spiro atoms. The molecule has 0 amide bonds. The van der Waals surface area contributed by atoms with Gasteiger partial charge in [0.05, 0.1) is 12.6 Å². The molecule has 1 aliphatic heterocycles. The van der Waals surface area contributed by atoms with Crippen molar-refractivity contribution in [2.75, 3.05) is 26.2 Å². The summed E-state index contributed by atoms with van der Waals surface area (Å²) in [6.07, 6.45) is 5.55. The number of nitrogens with zero attached hydrogens (tertiary/aromatic N) is 6. The van der Waals surface area contributed by atoms with Crippen LogP contribution in [0.25, 0.3) is 0 Å². The van der Waals surface area contributed by atoms with Crippen LogP contribution in [-0.2, 0) is 6.54 Å². The molecule has 0 bridgehead atoms. The molecule has 0 unspecified atom stereocenters. The Labute approximate surface area is 176 Å². The van der Waals surface area contributed by atoms with Crippen LogP contribution in [0.2, 0.25) is 0 Å². The van der Waals surface area contributed by atoms with Crippen molar-refractivity contribution < 1.29 is 0 Å². The summed E-state index contributed by atoms with van der Waals surface area (Å²) in [6, 6.07) is 15.8. The minimum Gasteiger partial charge on any atom is -0.298 e. The van der Waals surface area contributed by atoms with Gasteiger partial charge in [-0.3, -0.25) is 9.80 Å². The summed E-state index contributed by atoms with van der Waals surface area (Å²) in [5.74, 6) is 0.943. The minimum atomic E-state index is 0.0943. The molecule has 1 aromatic carbocycles. The second-order valence-electron chi connectivity index (χ2n) is 8.10. The van der Waals surface area contributed by atoms with E-state index in [9.17, 15) is 0 Å². The number of tetrazole rings is 1. The lowest BCUT2D eigenvalue weighted by Gasteiger charge is -2.41. The lowest BCUT2D eigenvalue weighted by Crippen LogP contribution is -2.51. The highest BCUT2D eigenvalue weighted by Gasteiger charge is 2.33. The molecule has 0 N–H and O–H groups in total. The molecule has 6 nitrogen and oxygen atoms in total. The van der Waals surface area contributed by atoms with Crippen LogP contribution in [0.1, 0.15) is 48.0 Å². The third-order valence-corrected chi connectivity index (χ3v) is 7.22. The molecule has 0 radical (unpaired) electrons. The molecule has 2 aromatic heterocycles. The first kappa shape index (κ1) is 18.9. The fourth-order valence-corrected chi connectivity index (χ4v) is 5.54. The van der Waals surface area contributed by atoms with Gasteiger partial charge in [-0.25, -0.2) is 4.68 Å². The SMILES string of the molecule is c1ccc([C@H](c2nnnn2Cc2cccs2)N2CCN(C3CCCC3)CC2)cc1. The number of piperazine rings is 1. The van der Waals surface area contributed by atoms with Crippen molar-refractivity contribution in [2.45, 2.75) is 44.3 Å². The largest absolute Gasteiger partial charge is 0.298 e. The van der Waals surface area contributed by atoms with Gasteiger partial charge in [0, 0.05) is 37.1 Å². The van der Waals surface area contributed by atoms with E-state index in [-0.39, 0.29) is 6.04 Å². The van der Waals surface area contributed by atoms with Gasteiger partial charge < -0.3 is 0 Å². The molecule has 2 aliphatic rings. The first-order valence-corrected chi connectivity index (χ1v) is 11.6. The van der Waals surface area contributed by atoms with Crippen molar-refractivity contribution in [1.29, 1.82) is 0 Å². The van der Waals surface area contributed by atoms with E-state index >= 15 is 0 Å². The van der Waals surface area contributed by atoms with Gasteiger partial charge in [0.1, 0.15) is 0 Å². The van der Waals surface area contributed by atoms with Gasteiger partial charge in [-0.15, -0.1) is 16.4 Å². The zero-order valence-corrected chi connectivity index (χ0v) is 17.5. The van der Waals surface area contributed by atoms with E-state index in [2.05, 4.69) is 73.2 Å². The predicted octanol–water partition coefficient (Wildman–Crippen LogP) is 3.43. The van der Waals surface area contributed by atoms with Crippen molar-refractivity contribution in [3.05, 3.63) is 64.1 Å². The van der Waals surface area contributed by atoms with Crippen molar-refractivity contribution in [2.24, 2.45) is 0 Å². The van der Waals surface area contributed by atoms with Gasteiger partial charge in [0.25, 0.3) is 0 Å². The Bertz CT molecular complexity index is 879. The van der Waals surface area contributed by atoms with E-state index in [0.717, 1.165) is 44.6 Å². The van der Waals surface area contributed by atoms with Gasteiger partial charge in [-0.05, 0) is 40.3 Å². The van der Waals surface area contributed by atoms with Crippen LogP contribution in [0.15, 0.2) is 47.8 Å². The molecule has 1 saturated carbocycles. The number of rotatable bonds is 6. The lowest BCUT2D eigenvalue weighted by molar-refractivity contribution is 0.0771. The highest BCUT2D eigenvalue weighted by atomic mass is 32.1. The summed E-state index contributed by atoms with van der Waals surface area (Å²) < 4.78 is 1.98. The molecule has 7 heteroatoms. The Kier molecular flexibility index (Phi) is 5.69. The maximum atomic E-state index is 4.50. The normalized spacial score (nSPS) is 20.3. The van der Waals surface area contributed by atoms with Crippen LogP contribution in [0.4, 0.5) is 0 Å². The van der Waals surface area contributed by atoms with Crippen molar-refractivity contribution in [3.8, 4) is 0 Å². The standard InChI is InChI=1S/C22H28N6S/c1-2-7-18(8-3-1)21(22-23-24-25-28(22)17-20-11-6-16-29-20)27-14-12-26(13-15-27)19-9-4-5-10-19/h1-3,6-8,11,16,19,21H,4-5,9-10,12-15,17H2/t21-/m1/s1. The average molecular weight is 409 g/mol. The van der Waals surface area contributed by atoms with Gasteiger partial charge in [-0.1, -0.05) is 49.2 Å². The molecular formula is C22H28N6S. The number of hydrogen-bond donors (Lipinski definition) is 0. The molecule has 5 rings (SSSR count). The van der Waals surface area contributed by atoms with E-state index < -0.39 is 0 Å². The van der Waals surface area contributed by atoms with E-state index in [0.29, 0.717) is 0 Å². The Morgan fingerprint density at radius 3 is 2.48 bits per heavy atom. The molecule has 2 fully saturated rings. The van der Waals surface area contributed by atoms with Crippen molar-refractivity contribution in [3.63, 3.8) is 0 Å². The van der Waals surface area contributed by atoms with E-state index in [1.807, 2.05) is 4.68 Å². The summed E-state index contributed by atoms with van der Waals surface area (Å²) in [5.41, 5.74) is 1.27. The second kappa shape index (κ2) is 8.73.